The molecule has 37 heavy (non-hydrogen) atoms. The lowest BCUT2D eigenvalue weighted by Crippen LogP contribution is -2.44. The number of fused-ring (bicyclic) bond motifs is 5. The van der Waals surface area contributed by atoms with Gasteiger partial charge in [-0.1, -0.05) is 6.92 Å². The SMILES string of the molecule is CCC1(O)C(=O)OCc2c1cc1n(c2=O)Cc2c-1nc1cc(F)c(C)c3c1c2C(NC=O)CC3.CCO. The molecule has 1 amide bonds. The number of nitrogens with zero attached hydrogens (tertiary/aromatic N) is 2. The number of aliphatic hydroxyl groups is 2. The maximum Gasteiger partial charge on any atom is 0.343 e. The first-order chi connectivity index (χ1) is 17.7. The highest BCUT2D eigenvalue weighted by Crippen LogP contribution is 2.45. The minimum absolute atomic E-state index is 0.0458. The Kier molecular flexibility index (Phi) is 6.12. The van der Waals surface area contributed by atoms with Crippen LogP contribution < -0.4 is 10.9 Å². The molecule has 194 valence electrons. The van der Waals surface area contributed by atoms with Crippen LogP contribution in [0.5, 0.6) is 0 Å². The Labute approximate surface area is 211 Å². The van der Waals surface area contributed by atoms with E-state index in [1.54, 1.807) is 31.4 Å². The van der Waals surface area contributed by atoms with Gasteiger partial charge in [0.2, 0.25) is 6.41 Å². The normalized spacial score (nSPS) is 20.8. The van der Waals surface area contributed by atoms with E-state index in [1.165, 1.54) is 6.07 Å². The van der Waals surface area contributed by atoms with Crippen molar-refractivity contribution in [1.29, 1.82) is 0 Å². The van der Waals surface area contributed by atoms with E-state index in [0.717, 1.165) is 22.1 Å². The van der Waals surface area contributed by atoms with E-state index >= 15 is 0 Å². The quantitative estimate of drug-likeness (QED) is 0.285. The highest BCUT2D eigenvalue weighted by Gasteiger charge is 2.45. The highest BCUT2D eigenvalue weighted by atomic mass is 19.1. The second kappa shape index (κ2) is 9.04. The Morgan fingerprint density at radius 3 is 2.68 bits per heavy atom. The summed E-state index contributed by atoms with van der Waals surface area (Å²) in [5, 5.41) is 22.3. The van der Waals surface area contributed by atoms with Crippen molar-refractivity contribution in [2.45, 2.75) is 64.8 Å². The number of hydrogen-bond acceptors (Lipinski definition) is 7. The number of rotatable bonds is 3. The summed E-state index contributed by atoms with van der Waals surface area (Å²) in [5.74, 6) is -1.14. The van der Waals surface area contributed by atoms with Gasteiger partial charge in [0.05, 0.1) is 35.1 Å². The van der Waals surface area contributed by atoms with Gasteiger partial charge in [-0.3, -0.25) is 9.59 Å². The summed E-state index contributed by atoms with van der Waals surface area (Å²) in [6.45, 7) is 5.33. The maximum atomic E-state index is 14.8. The number of halogens is 1. The number of cyclic esters (lactones) is 1. The average Bonchev–Trinajstić information content (AvgIpc) is 3.25. The molecule has 0 saturated heterocycles. The van der Waals surface area contributed by atoms with Crippen LogP contribution in [-0.4, -0.2) is 38.8 Å². The summed E-state index contributed by atoms with van der Waals surface area (Å²) in [7, 11) is 0. The second-order valence-corrected chi connectivity index (χ2v) is 9.50. The zero-order valence-electron chi connectivity index (χ0n) is 20.9. The van der Waals surface area contributed by atoms with E-state index < -0.39 is 11.6 Å². The molecule has 2 aromatic heterocycles. The Balaban J connectivity index is 0.000000892. The molecule has 2 unspecified atom stereocenters. The largest absolute Gasteiger partial charge is 0.458 e. The third kappa shape index (κ3) is 3.50. The van der Waals surface area contributed by atoms with Crippen molar-refractivity contribution in [1.82, 2.24) is 14.9 Å². The van der Waals surface area contributed by atoms with E-state index in [2.05, 4.69) is 5.32 Å². The van der Waals surface area contributed by atoms with Crippen LogP contribution in [-0.2, 0) is 39.5 Å². The number of benzene rings is 1. The van der Waals surface area contributed by atoms with Gasteiger partial charge in [0.25, 0.3) is 5.56 Å². The molecular formula is C27H28FN3O6. The lowest BCUT2D eigenvalue weighted by molar-refractivity contribution is -0.172. The Morgan fingerprint density at radius 2 is 2.00 bits per heavy atom. The Hall–Kier alpha value is -3.63. The first-order valence-corrected chi connectivity index (χ1v) is 12.3. The number of carbonyl (C=O) groups excluding carboxylic acids is 2. The molecule has 0 radical (unpaired) electrons. The third-order valence-corrected chi connectivity index (χ3v) is 7.65. The van der Waals surface area contributed by atoms with E-state index in [-0.39, 0.29) is 54.7 Å². The first kappa shape index (κ1) is 25.0. The zero-order chi connectivity index (χ0) is 26.6. The van der Waals surface area contributed by atoms with Gasteiger partial charge >= 0.3 is 5.97 Å². The van der Waals surface area contributed by atoms with Crippen LogP contribution in [0, 0.1) is 12.7 Å². The fourth-order valence-corrected chi connectivity index (χ4v) is 5.80. The van der Waals surface area contributed by atoms with Gasteiger partial charge in [0.15, 0.2) is 5.60 Å². The molecule has 6 rings (SSSR count). The molecule has 0 fully saturated rings. The number of ether oxygens (including phenoxy) is 1. The number of aryl methyl sites for hydroxylation is 1. The summed E-state index contributed by atoms with van der Waals surface area (Å²) in [4.78, 5) is 42.0. The predicted molar refractivity (Wildman–Crippen MR) is 132 cm³/mol. The highest BCUT2D eigenvalue weighted by molar-refractivity contribution is 5.93. The molecule has 1 aliphatic carbocycles. The van der Waals surface area contributed by atoms with Crippen molar-refractivity contribution in [2.24, 2.45) is 0 Å². The minimum Gasteiger partial charge on any atom is -0.458 e. The Bertz CT molecular complexity index is 1530. The summed E-state index contributed by atoms with van der Waals surface area (Å²) >= 11 is 0. The lowest BCUT2D eigenvalue weighted by Gasteiger charge is -2.31. The van der Waals surface area contributed by atoms with Crippen LogP contribution in [0.4, 0.5) is 4.39 Å². The van der Waals surface area contributed by atoms with Gasteiger partial charge < -0.3 is 24.8 Å². The monoisotopic (exact) mass is 509 g/mol. The maximum absolute atomic E-state index is 14.8. The summed E-state index contributed by atoms with van der Waals surface area (Å²) in [6.07, 6.45) is 1.90. The molecule has 0 spiro atoms. The minimum atomic E-state index is -1.92. The fraction of sp³-hybridized carbons (Fsp3) is 0.407. The van der Waals surface area contributed by atoms with Gasteiger partial charge in [-0.2, -0.15) is 0 Å². The first-order valence-electron chi connectivity index (χ1n) is 12.3. The van der Waals surface area contributed by atoms with Gasteiger partial charge in [0.1, 0.15) is 12.4 Å². The van der Waals surface area contributed by atoms with Crippen LogP contribution in [0.15, 0.2) is 16.9 Å². The van der Waals surface area contributed by atoms with Crippen molar-refractivity contribution in [3.8, 4) is 11.4 Å². The molecule has 2 aliphatic heterocycles. The van der Waals surface area contributed by atoms with Crippen LogP contribution in [0.2, 0.25) is 0 Å². The van der Waals surface area contributed by atoms with Crippen LogP contribution in [0.1, 0.15) is 66.1 Å². The van der Waals surface area contributed by atoms with Gasteiger partial charge in [-0.05, 0) is 55.9 Å². The number of carbonyl (C=O) groups is 2. The molecule has 1 aromatic carbocycles. The van der Waals surface area contributed by atoms with Crippen LogP contribution in [0.3, 0.4) is 0 Å². The summed E-state index contributed by atoms with van der Waals surface area (Å²) < 4.78 is 21.5. The molecule has 0 saturated carbocycles. The smallest absolute Gasteiger partial charge is 0.343 e. The molecule has 3 aliphatic rings. The van der Waals surface area contributed by atoms with Crippen molar-refractivity contribution >= 4 is 23.3 Å². The molecule has 4 heterocycles. The summed E-state index contributed by atoms with van der Waals surface area (Å²) in [5.41, 5.74) is 2.64. The summed E-state index contributed by atoms with van der Waals surface area (Å²) in [6, 6.07) is 2.72. The topological polar surface area (TPSA) is 131 Å². The van der Waals surface area contributed by atoms with Crippen molar-refractivity contribution in [3.05, 3.63) is 61.7 Å². The molecule has 3 N–H and O–H groups in total. The van der Waals surface area contributed by atoms with Crippen LogP contribution >= 0.6 is 0 Å². The molecule has 2 atom stereocenters. The van der Waals surface area contributed by atoms with E-state index in [9.17, 15) is 23.9 Å². The van der Waals surface area contributed by atoms with E-state index in [4.69, 9.17) is 14.8 Å². The molecule has 3 aromatic rings. The van der Waals surface area contributed by atoms with Crippen molar-refractivity contribution in [3.63, 3.8) is 0 Å². The number of pyridine rings is 2. The molecular weight excluding hydrogens is 481 g/mol. The van der Waals surface area contributed by atoms with Gasteiger partial charge in [-0.25, -0.2) is 14.2 Å². The van der Waals surface area contributed by atoms with E-state index in [0.29, 0.717) is 41.7 Å². The van der Waals surface area contributed by atoms with E-state index in [1.807, 2.05) is 0 Å². The molecule has 9 nitrogen and oxygen atoms in total. The molecule has 0 bridgehead atoms. The third-order valence-electron chi connectivity index (χ3n) is 7.65. The number of aromatic nitrogens is 2. The van der Waals surface area contributed by atoms with Crippen molar-refractivity contribution < 1.29 is 28.9 Å². The van der Waals surface area contributed by atoms with Crippen LogP contribution in [0.25, 0.3) is 22.3 Å². The Morgan fingerprint density at radius 1 is 1.27 bits per heavy atom. The lowest BCUT2D eigenvalue weighted by atomic mass is 9.81. The second-order valence-electron chi connectivity index (χ2n) is 9.50. The zero-order valence-corrected chi connectivity index (χ0v) is 20.9. The number of nitrogens with one attached hydrogen (secondary N) is 1. The fourth-order valence-electron chi connectivity index (χ4n) is 5.80. The number of aliphatic hydroxyl groups excluding tert-OH is 1. The number of amides is 1. The van der Waals surface area contributed by atoms with Crippen molar-refractivity contribution in [2.75, 3.05) is 6.61 Å². The number of hydrogen-bond donors (Lipinski definition) is 3. The molecule has 10 heteroatoms. The van der Waals surface area contributed by atoms with Gasteiger partial charge in [0, 0.05) is 29.2 Å². The standard InChI is InChI=1S/C25H22FN3O5.C2H6O/c1-3-25(33)15-6-19-22-13(8-29(19)23(31)14(15)9-34-24(25)32)21-17(27-10-30)5-4-12-11(2)16(26)7-18(28-22)20(12)21;1-2-3/h6-7,10,17,33H,3-5,8-9H2,1-2H3,(H,27,30);3H,2H2,1H3. The average molecular weight is 510 g/mol. The predicted octanol–water partition coefficient (Wildman–Crippen LogP) is 2.26. The number of esters is 1. The van der Waals surface area contributed by atoms with Gasteiger partial charge in [-0.15, -0.1) is 0 Å².